The van der Waals surface area contributed by atoms with Crippen LogP contribution in [0.5, 0.6) is 0 Å². The number of aliphatic hydroxyl groups is 4. The van der Waals surface area contributed by atoms with Gasteiger partial charge in [0.15, 0.2) is 0 Å². The van der Waals surface area contributed by atoms with E-state index in [0.29, 0.717) is 12.0 Å². The molecule has 0 spiro atoms. The molecule has 0 aromatic heterocycles. The molecule has 0 aliphatic carbocycles. The molecule has 1 aromatic carbocycles. The Morgan fingerprint density at radius 1 is 1.07 bits per heavy atom. The van der Waals surface area contributed by atoms with Crippen molar-refractivity contribution in [3.05, 3.63) is 35.4 Å². The summed E-state index contributed by atoms with van der Waals surface area (Å²) in [6.45, 7) is -0.506. The molecule has 84 valence electrons. The van der Waals surface area contributed by atoms with E-state index in [-0.39, 0.29) is 6.61 Å². The zero-order valence-corrected chi connectivity index (χ0v) is 8.37. The van der Waals surface area contributed by atoms with Gasteiger partial charge < -0.3 is 20.4 Å². The summed E-state index contributed by atoms with van der Waals surface area (Å²) in [5.41, 5.74) is 1.33. The van der Waals surface area contributed by atoms with Crippen LogP contribution in [-0.2, 0) is 6.42 Å². The summed E-state index contributed by atoms with van der Waals surface area (Å²) in [6.07, 6.45) is -1.88. The van der Waals surface area contributed by atoms with E-state index >= 15 is 0 Å². The van der Waals surface area contributed by atoms with E-state index in [1.54, 1.807) is 24.3 Å². The Hall–Kier alpha value is -0.940. The van der Waals surface area contributed by atoms with Gasteiger partial charge in [0.1, 0.15) is 12.2 Å². The number of rotatable bonds is 5. The van der Waals surface area contributed by atoms with E-state index in [0.717, 1.165) is 5.56 Å². The first kappa shape index (κ1) is 12.1. The lowest BCUT2D eigenvalue weighted by atomic mass is 9.97. The van der Waals surface area contributed by atoms with Crippen molar-refractivity contribution in [2.24, 2.45) is 0 Å². The molecule has 2 atom stereocenters. The molecular weight excluding hydrogens is 196 g/mol. The van der Waals surface area contributed by atoms with Crippen LogP contribution in [-0.4, -0.2) is 39.7 Å². The van der Waals surface area contributed by atoms with Crippen molar-refractivity contribution < 1.29 is 20.4 Å². The van der Waals surface area contributed by atoms with Crippen LogP contribution in [0, 0.1) is 0 Å². The van der Waals surface area contributed by atoms with Gasteiger partial charge in [0.25, 0.3) is 0 Å². The molecule has 4 heteroatoms. The molecule has 0 bridgehead atoms. The molecule has 2 unspecified atom stereocenters. The van der Waals surface area contributed by atoms with Crippen LogP contribution in [0.3, 0.4) is 0 Å². The number of hydrogen-bond donors (Lipinski definition) is 4. The molecular formula is C11H16O4. The Balaban J connectivity index is 2.91. The van der Waals surface area contributed by atoms with Gasteiger partial charge in [0.05, 0.1) is 6.61 Å². The van der Waals surface area contributed by atoms with Gasteiger partial charge in [-0.25, -0.2) is 0 Å². The second-order valence-corrected chi connectivity index (χ2v) is 3.37. The molecule has 1 rings (SSSR count). The van der Waals surface area contributed by atoms with Gasteiger partial charge in [-0.2, -0.15) is 0 Å². The highest BCUT2D eigenvalue weighted by Crippen LogP contribution is 2.21. The molecule has 0 heterocycles. The fraction of sp³-hybridized carbons (Fsp3) is 0.455. The Labute approximate surface area is 88.4 Å². The van der Waals surface area contributed by atoms with Gasteiger partial charge in [-0.1, -0.05) is 24.3 Å². The monoisotopic (exact) mass is 212 g/mol. The van der Waals surface area contributed by atoms with E-state index < -0.39 is 18.8 Å². The van der Waals surface area contributed by atoms with Crippen molar-refractivity contribution in [3.63, 3.8) is 0 Å². The first-order valence-electron chi connectivity index (χ1n) is 4.86. The van der Waals surface area contributed by atoms with Gasteiger partial charge in [-0.3, -0.25) is 0 Å². The minimum absolute atomic E-state index is 0.0149. The average molecular weight is 212 g/mol. The highest BCUT2D eigenvalue weighted by atomic mass is 16.4. The predicted octanol–water partition coefficient (Wildman–Crippen LogP) is -0.392. The Kier molecular flexibility index (Phi) is 4.71. The van der Waals surface area contributed by atoms with Crippen LogP contribution in [0.2, 0.25) is 0 Å². The van der Waals surface area contributed by atoms with Gasteiger partial charge in [-0.15, -0.1) is 0 Å². The summed E-state index contributed by atoms with van der Waals surface area (Å²) in [5, 5.41) is 36.6. The first-order chi connectivity index (χ1) is 7.20. The Morgan fingerprint density at radius 3 is 2.33 bits per heavy atom. The SMILES string of the molecule is OCCc1ccccc1C(O)C(O)CO. The molecule has 0 radical (unpaired) electrons. The van der Waals surface area contributed by atoms with Crippen molar-refractivity contribution in [2.45, 2.75) is 18.6 Å². The zero-order valence-electron chi connectivity index (χ0n) is 8.37. The third-order valence-electron chi connectivity index (χ3n) is 2.31. The number of benzene rings is 1. The third kappa shape index (κ3) is 3.00. The predicted molar refractivity (Wildman–Crippen MR) is 55.3 cm³/mol. The summed E-state index contributed by atoms with van der Waals surface area (Å²) >= 11 is 0. The normalized spacial score (nSPS) is 14.9. The Bertz CT molecular complexity index is 300. The highest BCUT2D eigenvalue weighted by molar-refractivity contribution is 5.29. The number of aliphatic hydroxyl groups excluding tert-OH is 4. The quantitative estimate of drug-likeness (QED) is 0.536. The van der Waals surface area contributed by atoms with Crippen molar-refractivity contribution in [2.75, 3.05) is 13.2 Å². The van der Waals surface area contributed by atoms with Crippen LogP contribution in [0.25, 0.3) is 0 Å². The van der Waals surface area contributed by atoms with E-state index in [2.05, 4.69) is 0 Å². The molecule has 4 N–H and O–H groups in total. The van der Waals surface area contributed by atoms with Crippen molar-refractivity contribution in [1.82, 2.24) is 0 Å². The summed E-state index contributed by atoms with van der Waals surface area (Å²) < 4.78 is 0. The smallest absolute Gasteiger partial charge is 0.107 e. The van der Waals surface area contributed by atoms with Crippen LogP contribution < -0.4 is 0 Å². The minimum atomic E-state index is -1.19. The van der Waals surface area contributed by atoms with Crippen LogP contribution in [0.1, 0.15) is 17.2 Å². The van der Waals surface area contributed by atoms with Crippen molar-refractivity contribution in [3.8, 4) is 0 Å². The summed E-state index contributed by atoms with van der Waals surface area (Å²) in [7, 11) is 0. The molecule has 0 saturated carbocycles. The van der Waals surface area contributed by atoms with Crippen molar-refractivity contribution in [1.29, 1.82) is 0 Å². The standard InChI is InChI=1S/C11H16O4/c12-6-5-8-3-1-2-4-9(8)11(15)10(14)7-13/h1-4,10-15H,5-7H2. The maximum absolute atomic E-state index is 9.70. The fourth-order valence-corrected chi connectivity index (χ4v) is 1.48. The molecule has 4 nitrogen and oxygen atoms in total. The lowest BCUT2D eigenvalue weighted by Gasteiger charge is -2.18. The van der Waals surface area contributed by atoms with Crippen LogP contribution in [0.4, 0.5) is 0 Å². The summed E-state index contributed by atoms with van der Waals surface area (Å²) in [4.78, 5) is 0. The fourth-order valence-electron chi connectivity index (χ4n) is 1.48. The second-order valence-electron chi connectivity index (χ2n) is 3.37. The molecule has 0 aliphatic heterocycles. The highest BCUT2D eigenvalue weighted by Gasteiger charge is 2.19. The summed E-state index contributed by atoms with van der Waals surface area (Å²) in [6, 6.07) is 6.99. The van der Waals surface area contributed by atoms with Gasteiger partial charge in [0.2, 0.25) is 0 Å². The molecule has 1 aromatic rings. The number of hydrogen-bond acceptors (Lipinski definition) is 4. The first-order valence-corrected chi connectivity index (χ1v) is 4.86. The second kappa shape index (κ2) is 5.82. The zero-order chi connectivity index (χ0) is 11.3. The lowest BCUT2D eigenvalue weighted by Crippen LogP contribution is -2.23. The van der Waals surface area contributed by atoms with E-state index in [9.17, 15) is 10.2 Å². The minimum Gasteiger partial charge on any atom is -0.396 e. The van der Waals surface area contributed by atoms with Crippen LogP contribution >= 0.6 is 0 Å². The summed E-state index contributed by atoms with van der Waals surface area (Å²) in [5.74, 6) is 0. The maximum atomic E-state index is 9.70. The van der Waals surface area contributed by atoms with E-state index in [4.69, 9.17) is 10.2 Å². The molecule has 0 saturated heterocycles. The lowest BCUT2D eigenvalue weighted by molar-refractivity contribution is -0.0157. The molecule has 0 amide bonds. The topological polar surface area (TPSA) is 80.9 Å². The molecule has 0 aliphatic rings. The molecule has 0 fully saturated rings. The van der Waals surface area contributed by atoms with Gasteiger partial charge in [0, 0.05) is 6.61 Å². The van der Waals surface area contributed by atoms with E-state index in [1.807, 2.05) is 0 Å². The van der Waals surface area contributed by atoms with Crippen molar-refractivity contribution >= 4 is 0 Å². The Morgan fingerprint density at radius 2 is 1.73 bits per heavy atom. The maximum Gasteiger partial charge on any atom is 0.107 e. The average Bonchev–Trinajstić information content (AvgIpc) is 2.28. The third-order valence-corrected chi connectivity index (χ3v) is 2.31. The van der Waals surface area contributed by atoms with Gasteiger partial charge >= 0.3 is 0 Å². The largest absolute Gasteiger partial charge is 0.396 e. The van der Waals surface area contributed by atoms with Gasteiger partial charge in [-0.05, 0) is 17.5 Å². The van der Waals surface area contributed by atoms with E-state index in [1.165, 1.54) is 0 Å². The molecule has 15 heavy (non-hydrogen) atoms. The van der Waals surface area contributed by atoms with Crippen LogP contribution in [0.15, 0.2) is 24.3 Å².